The van der Waals surface area contributed by atoms with E-state index in [2.05, 4.69) is 61.2 Å². The molecule has 0 bridgehead atoms. The molecule has 0 aromatic heterocycles. The van der Waals surface area contributed by atoms with Gasteiger partial charge in [0.05, 0.1) is 5.25 Å². The van der Waals surface area contributed by atoms with Crippen molar-refractivity contribution < 1.29 is 4.79 Å². The molecule has 1 aliphatic heterocycles. The summed E-state index contributed by atoms with van der Waals surface area (Å²) in [4.78, 5) is 17.2. The molecule has 1 atom stereocenters. The average molecular weight is 369 g/mol. The van der Waals surface area contributed by atoms with Gasteiger partial charge in [0.25, 0.3) is 0 Å². The fourth-order valence-corrected chi connectivity index (χ4v) is 4.35. The molecule has 1 unspecified atom stereocenters. The molecule has 1 fully saturated rings. The van der Waals surface area contributed by atoms with Crippen molar-refractivity contribution in [1.29, 1.82) is 0 Å². The number of rotatable bonds is 5. The van der Waals surface area contributed by atoms with Crippen molar-refractivity contribution >= 4 is 23.4 Å². The third kappa shape index (κ3) is 4.61. The number of nitrogens with zero attached hydrogens (tertiary/aromatic N) is 2. The summed E-state index contributed by atoms with van der Waals surface area (Å²) in [6, 6.07) is 17.0. The van der Waals surface area contributed by atoms with Gasteiger partial charge in [-0.3, -0.25) is 4.79 Å². The predicted molar refractivity (Wildman–Crippen MR) is 112 cm³/mol. The summed E-state index contributed by atoms with van der Waals surface area (Å²) in [6.07, 6.45) is 0. The lowest BCUT2D eigenvalue weighted by Gasteiger charge is -2.37. The van der Waals surface area contributed by atoms with Gasteiger partial charge in [-0.2, -0.15) is 0 Å². The second-order valence-electron chi connectivity index (χ2n) is 7.03. The van der Waals surface area contributed by atoms with Gasteiger partial charge in [0, 0.05) is 37.6 Å². The molecule has 138 valence electrons. The van der Waals surface area contributed by atoms with Crippen LogP contribution in [0.15, 0.2) is 48.5 Å². The van der Waals surface area contributed by atoms with Crippen molar-refractivity contribution in [2.45, 2.75) is 31.8 Å². The van der Waals surface area contributed by atoms with Gasteiger partial charge in [0.15, 0.2) is 0 Å². The Balaban J connectivity index is 1.51. The van der Waals surface area contributed by atoms with Crippen LogP contribution in [0.25, 0.3) is 0 Å². The van der Waals surface area contributed by atoms with Gasteiger partial charge in [-0.15, -0.1) is 11.8 Å². The number of para-hydroxylation sites is 1. The Hall–Kier alpha value is -1.94. The smallest absolute Gasteiger partial charge is 0.235 e. The molecule has 2 aromatic carbocycles. The minimum absolute atomic E-state index is 0.00168. The largest absolute Gasteiger partial charge is 0.368 e. The van der Waals surface area contributed by atoms with Crippen LogP contribution in [0.1, 0.15) is 23.6 Å². The lowest BCUT2D eigenvalue weighted by atomic mass is 10.1. The second-order valence-corrected chi connectivity index (χ2v) is 8.36. The normalized spacial score (nSPS) is 15.8. The van der Waals surface area contributed by atoms with Gasteiger partial charge in [0.1, 0.15) is 0 Å². The summed E-state index contributed by atoms with van der Waals surface area (Å²) in [5.41, 5.74) is 5.17. The van der Waals surface area contributed by atoms with Crippen LogP contribution in [0.2, 0.25) is 0 Å². The number of carbonyl (C=O) groups excluding carboxylic acids is 1. The first-order valence-corrected chi connectivity index (χ1v) is 10.4. The van der Waals surface area contributed by atoms with Crippen LogP contribution in [0.5, 0.6) is 0 Å². The third-order valence-corrected chi connectivity index (χ3v) is 6.23. The van der Waals surface area contributed by atoms with E-state index in [9.17, 15) is 4.79 Å². The Labute approximate surface area is 161 Å². The molecule has 26 heavy (non-hydrogen) atoms. The molecule has 0 saturated carbocycles. The maximum atomic E-state index is 12.8. The first-order chi connectivity index (χ1) is 12.5. The minimum atomic E-state index is -0.00168. The summed E-state index contributed by atoms with van der Waals surface area (Å²) in [6.45, 7) is 9.74. The SMILES string of the molecule is Cc1ccc(C)c(CSC(C)C(=O)N2CCN(c3ccccc3)CC2)c1. The first kappa shape index (κ1) is 18.8. The van der Waals surface area contributed by atoms with Crippen LogP contribution >= 0.6 is 11.8 Å². The second kappa shape index (κ2) is 8.63. The van der Waals surface area contributed by atoms with E-state index in [0.29, 0.717) is 0 Å². The lowest BCUT2D eigenvalue weighted by Crippen LogP contribution is -2.50. The number of hydrogen-bond acceptors (Lipinski definition) is 3. The summed E-state index contributed by atoms with van der Waals surface area (Å²) < 4.78 is 0. The summed E-state index contributed by atoms with van der Waals surface area (Å²) >= 11 is 1.75. The highest BCUT2D eigenvalue weighted by atomic mass is 32.2. The van der Waals surface area contributed by atoms with Gasteiger partial charge in [-0.05, 0) is 44.0 Å². The van der Waals surface area contributed by atoms with E-state index in [1.165, 1.54) is 22.4 Å². The van der Waals surface area contributed by atoms with Crippen molar-refractivity contribution in [3.63, 3.8) is 0 Å². The number of hydrogen-bond donors (Lipinski definition) is 0. The quantitative estimate of drug-likeness (QED) is 0.787. The van der Waals surface area contributed by atoms with E-state index in [0.717, 1.165) is 31.9 Å². The molecule has 1 aliphatic rings. The molecular formula is C22H28N2OS. The van der Waals surface area contributed by atoms with Crippen LogP contribution in [-0.4, -0.2) is 42.2 Å². The highest BCUT2D eigenvalue weighted by Crippen LogP contribution is 2.23. The van der Waals surface area contributed by atoms with Crippen molar-refractivity contribution in [1.82, 2.24) is 4.90 Å². The predicted octanol–water partition coefficient (Wildman–Crippen LogP) is 4.27. The maximum Gasteiger partial charge on any atom is 0.235 e. The van der Waals surface area contributed by atoms with Crippen LogP contribution in [-0.2, 0) is 10.5 Å². The molecular weight excluding hydrogens is 340 g/mol. The van der Waals surface area contributed by atoms with Crippen LogP contribution < -0.4 is 4.90 Å². The van der Waals surface area contributed by atoms with Gasteiger partial charge < -0.3 is 9.80 Å². The number of carbonyl (C=O) groups is 1. The van der Waals surface area contributed by atoms with E-state index in [1.54, 1.807) is 11.8 Å². The van der Waals surface area contributed by atoms with Crippen LogP contribution in [0.3, 0.4) is 0 Å². The Morgan fingerprint density at radius 1 is 1.04 bits per heavy atom. The van der Waals surface area contributed by atoms with E-state index < -0.39 is 0 Å². The number of piperazine rings is 1. The minimum Gasteiger partial charge on any atom is -0.368 e. The fraction of sp³-hybridized carbons (Fsp3) is 0.409. The highest BCUT2D eigenvalue weighted by Gasteiger charge is 2.25. The average Bonchev–Trinajstić information content (AvgIpc) is 2.68. The fourth-order valence-electron chi connectivity index (χ4n) is 3.32. The summed E-state index contributed by atoms with van der Waals surface area (Å²) in [5, 5.41) is -0.00168. The molecule has 0 radical (unpaired) electrons. The number of benzene rings is 2. The topological polar surface area (TPSA) is 23.6 Å². The zero-order valence-corrected chi connectivity index (χ0v) is 16.8. The zero-order valence-electron chi connectivity index (χ0n) is 15.9. The molecule has 1 saturated heterocycles. The van der Waals surface area contributed by atoms with E-state index in [1.807, 2.05) is 17.9 Å². The summed E-state index contributed by atoms with van der Waals surface area (Å²) in [7, 11) is 0. The van der Waals surface area contributed by atoms with Gasteiger partial charge in [-0.1, -0.05) is 42.0 Å². The Morgan fingerprint density at radius 2 is 1.73 bits per heavy atom. The standard InChI is InChI=1S/C22H28N2OS/c1-17-9-10-18(2)20(15-17)16-26-19(3)22(25)24-13-11-23(12-14-24)21-7-5-4-6-8-21/h4-10,15,19H,11-14,16H2,1-3H3. The molecule has 1 amide bonds. The number of amides is 1. The summed E-state index contributed by atoms with van der Waals surface area (Å²) in [5.74, 6) is 1.16. The molecule has 1 heterocycles. The number of anilines is 1. The lowest BCUT2D eigenvalue weighted by molar-refractivity contribution is -0.130. The van der Waals surface area contributed by atoms with E-state index >= 15 is 0 Å². The molecule has 0 spiro atoms. The van der Waals surface area contributed by atoms with E-state index in [-0.39, 0.29) is 11.2 Å². The molecule has 2 aromatic rings. The molecule has 3 nitrogen and oxygen atoms in total. The molecule has 0 aliphatic carbocycles. The zero-order chi connectivity index (χ0) is 18.5. The van der Waals surface area contributed by atoms with Crippen molar-refractivity contribution in [2.24, 2.45) is 0 Å². The van der Waals surface area contributed by atoms with E-state index in [4.69, 9.17) is 0 Å². The molecule has 0 N–H and O–H groups in total. The molecule has 3 rings (SSSR count). The van der Waals surface area contributed by atoms with Crippen LogP contribution in [0, 0.1) is 13.8 Å². The van der Waals surface area contributed by atoms with Crippen molar-refractivity contribution in [3.8, 4) is 0 Å². The monoisotopic (exact) mass is 368 g/mol. The van der Waals surface area contributed by atoms with Gasteiger partial charge in [0.2, 0.25) is 5.91 Å². The van der Waals surface area contributed by atoms with Crippen molar-refractivity contribution in [3.05, 3.63) is 65.2 Å². The van der Waals surface area contributed by atoms with Gasteiger partial charge in [-0.25, -0.2) is 0 Å². The molecule has 4 heteroatoms. The highest BCUT2D eigenvalue weighted by molar-refractivity contribution is 7.99. The number of thioether (sulfide) groups is 1. The third-order valence-electron chi connectivity index (χ3n) is 5.05. The Bertz CT molecular complexity index is 739. The maximum absolute atomic E-state index is 12.8. The van der Waals surface area contributed by atoms with Crippen molar-refractivity contribution in [2.75, 3.05) is 31.1 Å². The Morgan fingerprint density at radius 3 is 2.42 bits per heavy atom. The first-order valence-electron chi connectivity index (χ1n) is 9.31. The van der Waals surface area contributed by atoms with Crippen LogP contribution in [0.4, 0.5) is 5.69 Å². The van der Waals surface area contributed by atoms with Gasteiger partial charge >= 0.3 is 0 Å². The number of aryl methyl sites for hydroxylation is 2. The Kier molecular flexibility index (Phi) is 6.25.